The molecule has 61 heavy (non-hydrogen) atoms. The lowest BCUT2D eigenvalue weighted by molar-refractivity contribution is -0.137. The van der Waals surface area contributed by atoms with Gasteiger partial charge < -0.3 is 9.84 Å². The fourth-order valence-corrected chi connectivity index (χ4v) is 11.9. The zero-order chi connectivity index (χ0) is 43.3. The average molecular weight is 883 g/mol. The molecule has 1 saturated carbocycles. The maximum Gasteiger partial charge on any atom is 0.304 e. The van der Waals surface area contributed by atoms with Crippen molar-refractivity contribution in [1.29, 1.82) is 0 Å². The first-order valence-corrected chi connectivity index (χ1v) is 22.9. The number of nitrogens with one attached hydrogen (secondary N) is 1. The highest BCUT2D eigenvalue weighted by atomic mass is 35.5. The fraction of sp³-hybridized carbons (Fsp3) is 0.386. The smallest absolute Gasteiger partial charge is 0.304 e. The average Bonchev–Trinajstić information content (AvgIpc) is 3.88. The van der Waals surface area contributed by atoms with Gasteiger partial charge in [-0.05, 0) is 92.6 Å². The molecule has 0 amide bonds. The van der Waals surface area contributed by atoms with Crippen LogP contribution in [-0.2, 0) is 33.2 Å². The van der Waals surface area contributed by atoms with E-state index < -0.39 is 39.1 Å². The van der Waals surface area contributed by atoms with Crippen molar-refractivity contribution in [2.24, 2.45) is 18.0 Å². The van der Waals surface area contributed by atoms with Crippen LogP contribution in [-0.4, -0.2) is 73.1 Å². The molecule has 0 spiro atoms. The Bertz CT molecular complexity index is 2830. The second-order valence-corrected chi connectivity index (χ2v) is 19.6. The lowest BCUT2D eigenvalue weighted by atomic mass is 9.83. The molecule has 8 rings (SSSR count). The molecule has 3 aromatic carbocycles. The zero-order valence-corrected chi connectivity index (χ0v) is 37.2. The Morgan fingerprint density at radius 2 is 1.75 bits per heavy atom. The van der Waals surface area contributed by atoms with Crippen molar-refractivity contribution in [1.82, 2.24) is 34.5 Å². The largest absolute Gasteiger partial charge is 0.494 e. The molecule has 4 unspecified atom stereocenters. The molecule has 0 saturated heterocycles. The maximum absolute atomic E-state index is 14.6. The number of benzene rings is 3. The Kier molecular flexibility index (Phi) is 11.7. The molecule has 17 heteroatoms. The van der Waals surface area contributed by atoms with Crippen molar-refractivity contribution >= 4 is 61.5 Å². The van der Waals surface area contributed by atoms with Gasteiger partial charge in [0.15, 0.2) is 5.82 Å². The molecular formula is C44H47ClN8O6S2. The second kappa shape index (κ2) is 16.9. The highest BCUT2D eigenvalue weighted by molar-refractivity contribution is 7.90. The van der Waals surface area contributed by atoms with Crippen LogP contribution in [0.25, 0.3) is 16.0 Å². The number of ketones is 1. The minimum atomic E-state index is -4.01. The van der Waals surface area contributed by atoms with E-state index in [9.17, 15) is 23.1 Å². The van der Waals surface area contributed by atoms with Crippen LogP contribution in [0.5, 0.6) is 5.75 Å². The number of rotatable bonds is 13. The van der Waals surface area contributed by atoms with Crippen LogP contribution >= 0.6 is 22.9 Å². The van der Waals surface area contributed by atoms with Crippen molar-refractivity contribution in [2.75, 3.05) is 7.11 Å². The topological polar surface area (TPSA) is 184 Å². The number of nitrogens with zero attached hydrogens (tertiary/aromatic N) is 7. The number of methoxy groups -OCH3 is 1. The molecule has 318 valence electrons. The summed E-state index contributed by atoms with van der Waals surface area (Å²) in [4.78, 5) is 33.2. The minimum absolute atomic E-state index is 0.0351. The van der Waals surface area contributed by atoms with Gasteiger partial charge in [-0.2, -0.15) is 0 Å². The molecule has 14 nitrogen and oxygen atoms in total. The number of sulfonamides is 1. The number of carboxylic acids is 1. The van der Waals surface area contributed by atoms with Crippen molar-refractivity contribution in [3.05, 3.63) is 115 Å². The number of carbonyl (C=O) groups excluding carboxylic acids is 1. The molecular weight excluding hydrogens is 836 g/mol. The summed E-state index contributed by atoms with van der Waals surface area (Å²) in [5.74, 6) is -0.797. The van der Waals surface area contributed by atoms with E-state index in [2.05, 4.69) is 39.1 Å². The summed E-state index contributed by atoms with van der Waals surface area (Å²) < 4.78 is 40.7. The fourth-order valence-electron chi connectivity index (χ4n) is 8.83. The maximum atomic E-state index is 14.6. The number of halogens is 1. The van der Waals surface area contributed by atoms with Gasteiger partial charge in [-0.3, -0.25) is 19.1 Å². The number of aromatic nitrogens is 6. The number of aliphatic imine (C=N–C) groups is 1. The molecule has 1 aliphatic heterocycles. The molecule has 0 bridgehead atoms. The van der Waals surface area contributed by atoms with Crippen molar-refractivity contribution in [3.8, 4) is 10.8 Å². The molecule has 1 fully saturated rings. The number of aryl methyl sites for hydroxylation is 4. The lowest BCUT2D eigenvalue weighted by Crippen LogP contribution is -2.43. The normalized spacial score (nSPS) is 18.3. The van der Waals surface area contributed by atoms with E-state index >= 15 is 0 Å². The third-order valence-electron chi connectivity index (χ3n) is 12.2. The predicted molar refractivity (Wildman–Crippen MR) is 235 cm³/mol. The van der Waals surface area contributed by atoms with E-state index in [1.165, 1.54) is 7.11 Å². The Morgan fingerprint density at radius 3 is 2.49 bits per heavy atom. The highest BCUT2D eigenvalue weighted by Crippen LogP contribution is 2.41. The number of Topliss-reactive ketones (excluding diaryl/α,β-unsaturated/α-hetero) is 1. The van der Waals surface area contributed by atoms with Crippen LogP contribution in [0.2, 0.25) is 5.02 Å². The second-order valence-electron chi connectivity index (χ2n) is 16.0. The SMILES string of the molecule is COc1cc(C(CC(=O)O)c2ccc(C)c(CNS(=O)(=O)C3CCCCC3C(=O)CC3N=C(c4ccc(Cl)cc4)c4c(sc(C)c4C)-n4c(C)nnc43)c2)cc2nnn(C)c12. The van der Waals surface area contributed by atoms with E-state index in [4.69, 9.17) is 21.3 Å². The Morgan fingerprint density at radius 1 is 1.00 bits per heavy atom. The van der Waals surface area contributed by atoms with E-state index in [0.29, 0.717) is 69.4 Å². The number of thiophene rings is 1. The number of fused-ring (bicyclic) bond motifs is 4. The minimum Gasteiger partial charge on any atom is -0.494 e. The Hall–Kier alpha value is -5.29. The molecule has 3 aromatic heterocycles. The third-order valence-corrected chi connectivity index (χ3v) is 15.5. The van der Waals surface area contributed by atoms with Gasteiger partial charge in [0.2, 0.25) is 10.0 Å². The summed E-state index contributed by atoms with van der Waals surface area (Å²) in [6.07, 6.45) is 1.92. The van der Waals surface area contributed by atoms with Crippen LogP contribution < -0.4 is 9.46 Å². The number of hydrogen-bond acceptors (Lipinski definition) is 11. The molecule has 0 radical (unpaired) electrons. The zero-order valence-electron chi connectivity index (χ0n) is 34.8. The summed E-state index contributed by atoms with van der Waals surface area (Å²) in [6, 6.07) is 16.0. The van der Waals surface area contributed by atoms with Crippen LogP contribution in [0.4, 0.5) is 0 Å². The van der Waals surface area contributed by atoms with Gasteiger partial charge in [-0.25, -0.2) is 17.8 Å². The monoisotopic (exact) mass is 882 g/mol. The van der Waals surface area contributed by atoms with Crippen molar-refractivity contribution in [2.45, 2.75) is 90.0 Å². The first kappa shape index (κ1) is 42.4. The molecule has 2 N–H and O–H groups in total. The number of hydrogen-bond donors (Lipinski definition) is 2. The van der Waals surface area contributed by atoms with Crippen LogP contribution in [0.3, 0.4) is 0 Å². The van der Waals surface area contributed by atoms with E-state index in [0.717, 1.165) is 44.3 Å². The van der Waals surface area contributed by atoms with Gasteiger partial charge in [0.25, 0.3) is 0 Å². The Balaban J connectivity index is 1.07. The van der Waals surface area contributed by atoms with Crippen LogP contribution in [0, 0.1) is 33.6 Å². The summed E-state index contributed by atoms with van der Waals surface area (Å²) in [5.41, 5.74) is 7.75. The molecule has 4 heterocycles. The number of ether oxygens (including phenoxy) is 1. The van der Waals surface area contributed by atoms with Crippen LogP contribution in [0.15, 0.2) is 59.6 Å². The quantitative estimate of drug-likeness (QED) is 0.117. The van der Waals surface area contributed by atoms with Gasteiger partial charge in [-0.1, -0.05) is 60.0 Å². The van der Waals surface area contributed by atoms with Gasteiger partial charge in [0.05, 0.1) is 24.5 Å². The van der Waals surface area contributed by atoms with Gasteiger partial charge in [0, 0.05) is 52.9 Å². The molecule has 4 atom stereocenters. The first-order chi connectivity index (χ1) is 29.1. The summed E-state index contributed by atoms with van der Waals surface area (Å²) in [5, 5.41) is 27.9. The number of carbonyl (C=O) groups is 2. The molecule has 2 aliphatic rings. The van der Waals surface area contributed by atoms with Gasteiger partial charge in [0.1, 0.15) is 39.4 Å². The predicted octanol–water partition coefficient (Wildman–Crippen LogP) is 7.64. The number of carboxylic acid groups (broad SMARTS) is 1. The van der Waals surface area contributed by atoms with E-state index in [1.807, 2.05) is 66.9 Å². The summed E-state index contributed by atoms with van der Waals surface area (Å²) >= 11 is 7.92. The summed E-state index contributed by atoms with van der Waals surface area (Å²) in [7, 11) is -0.720. The molecule has 6 aromatic rings. The van der Waals surface area contributed by atoms with Gasteiger partial charge >= 0.3 is 5.97 Å². The Labute approximate surface area is 363 Å². The summed E-state index contributed by atoms with van der Waals surface area (Å²) in [6.45, 7) is 7.86. The van der Waals surface area contributed by atoms with Crippen LogP contribution in [0.1, 0.15) is 106 Å². The van der Waals surface area contributed by atoms with Crippen molar-refractivity contribution < 1.29 is 27.9 Å². The van der Waals surface area contributed by atoms with E-state index in [-0.39, 0.29) is 25.2 Å². The standard InChI is InChI=1S/C44H47ClN8O6S2/c1-23-11-12-28(33(20-39(55)56)29-18-34-42(37(19-29)59-6)52(5)51-49-34)17-30(23)22-46-61(57,58)38-10-8-7-9-32(38)36(54)21-35-43-50-48-26(4)53(43)44-40(24(2)25(3)60-44)41(47-35)27-13-15-31(45)16-14-27/h11-19,32-33,35,38,46H,7-10,20-22H2,1-6H3,(H,55,56). The van der Waals surface area contributed by atoms with Crippen molar-refractivity contribution in [3.63, 3.8) is 0 Å². The highest BCUT2D eigenvalue weighted by Gasteiger charge is 2.41. The third kappa shape index (κ3) is 8.13. The first-order valence-electron chi connectivity index (χ1n) is 20.2. The van der Waals surface area contributed by atoms with Gasteiger partial charge in [-0.15, -0.1) is 26.6 Å². The number of aliphatic carboxylic acids is 1. The molecule has 1 aliphatic carbocycles. The lowest BCUT2D eigenvalue weighted by Gasteiger charge is -2.31. The van der Waals surface area contributed by atoms with E-state index in [1.54, 1.807) is 29.1 Å².